The summed E-state index contributed by atoms with van der Waals surface area (Å²) in [4.78, 5) is 12.5. The number of aromatic nitrogens is 4. The van der Waals surface area contributed by atoms with Crippen molar-refractivity contribution in [3.8, 4) is 0 Å². The zero-order chi connectivity index (χ0) is 11.3. The Morgan fingerprint density at radius 1 is 1.53 bits per heavy atom. The maximum atomic E-state index is 11.2. The van der Waals surface area contributed by atoms with Gasteiger partial charge in [-0.1, -0.05) is 0 Å². The molecule has 0 atom stereocenters. The van der Waals surface area contributed by atoms with Crippen LogP contribution in [0.3, 0.4) is 0 Å². The molecule has 1 amide bonds. The van der Waals surface area contributed by atoms with Crippen molar-refractivity contribution < 1.29 is 9.53 Å². The smallest absolute Gasteiger partial charge is 0.407 e. The molecule has 0 unspecified atom stereocenters. The average molecular weight is 213 g/mol. The van der Waals surface area contributed by atoms with Crippen LogP contribution in [-0.2, 0) is 11.3 Å². The number of tetrazole rings is 1. The summed E-state index contributed by atoms with van der Waals surface area (Å²) in [6.07, 6.45) is 0.887. The molecule has 0 radical (unpaired) electrons. The Hall–Kier alpha value is -1.66. The van der Waals surface area contributed by atoms with Crippen LogP contribution in [0.15, 0.2) is 6.33 Å². The van der Waals surface area contributed by atoms with Gasteiger partial charge >= 0.3 is 6.09 Å². The van der Waals surface area contributed by atoms with E-state index in [1.807, 2.05) is 20.8 Å². The standard InChI is InChI=1S/C8H15N5O2/c1-8(2,3)11-7(14)15-5-4-13-10-6-9-12-13/h6H,4-5H2,1-3H3,(H,11,14). The molecule has 1 N–H and O–H groups in total. The second-order valence-corrected chi connectivity index (χ2v) is 4.04. The van der Waals surface area contributed by atoms with Crippen LogP contribution < -0.4 is 5.32 Å². The third-order valence-corrected chi connectivity index (χ3v) is 1.39. The molecular weight excluding hydrogens is 198 g/mol. The van der Waals surface area contributed by atoms with Gasteiger partial charge in [-0.3, -0.25) is 0 Å². The minimum absolute atomic E-state index is 0.221. The van der Waals surface area contributed by atoms with E-state index < -0.39 is 6.09 Å². The molecule has 7 nitrogen and oxygen atoms in total. The molecule has 15 heavy (non-hydrogen) atoms. The van der Waals surface area contributed by atoms with Gasteiger partial charge in [0.2, 0.25) is 0 Å². The fourth-order valence-corrected chi connectivity index (χ4v) is 0.853. The number of hydrogen-bond acceptors (Lipinski definition) is 5. The molecule has 1 aromatic rings. The molecule has 0 aliphatic carbocycles. The molecule has 0 saturated carbocycles. The summed E-state index contributed by atoms with van der Waals surface area (Å²) >= 11 is 0. The van der Waals surface area contributed by atoms with Crippen molar-refractivity contribution in [2.45, 2.75) is 32.9 Å². The van der Waals surface area contributed by atoms with Gasteiger partial charge in [0, 0.05) is 5.54 Å². The summed E-state index contributed by atoms with van der Waals surface area (Å²) in [6.45, 7) is 6.27. The van der Waals surface area contributed by atoms with Crippen LogP contribution in [0.5, 0.6) is 0 Å². The number of carbonyl (C=O) groups excluding carboxylic acids is 1. The zero-order valence-electron chi connectivity index (χ0n) is 9.10. The third kappa shape index (κ3) is 4.94. The van der Waals surface area contributed by atoms with E-state index in [9.17, 15) is 4.79 Å². The van der Waals surface area contributed by atoms with E-state index in [2.05, 4.69) is 20.7 Å². The van der Waals surface area contributed by atoms with E-state index in [0.29, 0.717) is 6.54 Å². The van der Waals surface area contributed by atoms with E-state index in [1.165, 1.54) is 11.1 Å². The van der Waals surface area contributed by atoms with Gasteiger partial charge in [0.1, 0.15) is 6.61 Å². The normalized spacial score (nSPS) is 11.1. The predicted molar refractivity (Wildman–Crippen MR) is 52.1 cm³/mol. The largest absolute Gasteiger partial charge is 0.448 e. The van der Waals surface area contributed by atoms with Gasteiger partial charge < -0.3 is 10.1 Å². The van der Waals surface area contributed by atoms with Crippen LogP contribution in [0.2, 0.25) is 0 Å². The lowest BCUT2D eigenvalue weighted by molar-refractivity contribution is 0.130. The lowest BCUT2D eigenvalue weighted by Crippen LogP contribution is -2.41. The summed E-state index contributed by atoms with van der Waals surface area (Å²) in [5.41, 5.74) is -0.289. The van der Waals surface area contributed by atoms with Crippen molar-refractivity contribution in [1.29, 1.82) is 0 Å². The van der Waals surface area contributed by atoms with E-state index in [0.717, 1.165) is 0 Å². The second kappa shape index (κ2) is 4.72. The molecule has 84 valence electrons. The van der Waals surface area contributed by atoms with E-state index in [-0.39, 0.29) is 12.1 Å². The van der Waals surface area contributed by atoms with E-state index in [4.69, 9.17) is 4.74 Å². The molecular formula is C8H15N5O2. The zero-order valence-corrected chi connectivity index (χ0v) is 9.10. The monoisotopic (exact) mass is 213 g/mol. The second-order valence-electron chi connectivity index (χ2n) is 4.04. The summed E-state index contributed by atoms with van der Waals surface area (Å²) in [5, 5.41) is 13.6. The number of rotatable bonds is 3. The summed E-state index contributed by atoms with van der Waals surface area (Å²) in [5.74, 6) is 0. The molecule has 0 bridgehead atoms. The fraction of sp³-hybridized carbons (Fsp3) is 0.750. The van der Waals surface area contributed by atoms with Crippen LogP contribution in [0.4, 0.5) is 4.79 Å². The first kappa shape index (κ1) is 11.4. The van der Waals surface area contributed by atoms with Crippen LogP contribution >= 0.6 is 0 Å². The Labute approximate surface area is 87.8 Å². The highest BCUT2D eigenvalue weighted by Crippen LogP contribution is 1.98. The highest BCUT2D eigenvalue weighted by atomic mass is 16.5. The quantitative estimate of drug-likeness (QED) is 0.775. The molecule has 0 fully saturated rings. The number of nitrogens with zero attached hydrogens (tertiary/aromatic N) is 4. The maximum Gasteiger partial charge on any atom is 0.407 e. The van der Waals surface area contributed by atoms with Crippen molar-refractivity contribution in [3.05, 3.63) is 6.33 Å². The van der Waals surface area contributed by atoms with Gasteiger partial charge in [-0.25, -0.2) is 4.79 Å². The summed E-state index contributed by atoms with van der Waals surface area (Å²) in [6, 6.07) is 0. The molecule has 7 heteroatoms. The number of nitrogens with one attached hydrogen (secondary N) is 1. The lowest BCUT2D eigenvalue weighted by atomic mass is 10.1. The Morgan fingerprint density at radius 3 is 2.80 bits per heavy atom. The van der Waals surface area contributed by atoms with E-state index in [1.54, 1.807) is 0 Å². The highest BCUT2D eigenvalue weighted by molar-refractivity contribution is 5.67. The van der Waals surface area contributed by atoms with Crippen molar-refractivity contribution >= 4 is 6.09 Å². The molecule has 0 aromatic carbocycles. The number of hydrogen-bond donors (Lipinski definition) is 1. The fourth-order valence-electron chi connectivity index (χ4n) is 0.853. The van der Waals surface area contributed by atoms with Gasteiger partial charge in [-0.15, -0.1) is 10.2 Å². The number of carbonyl (C=O) groups is 1. The SMILES string of the molecule is CC(C)(C)NC(=O)OCCn1ncnn1. The topological polar surface area (TPSA) is 81.9 Å². The first-order chi connectivity index (χ1) is 6.97. The number of alkyl carbamates (subject to hydrolysis) is 1. The van der Waals surface area contributed by atoms with Crippen LogP contribution in [-0.4, -0.2) is 38.4 Å². The predicted octanol–water partition coefficient (Wildman–Crippen LogP) is 0.198. The Bertz CT molecular complexity index is 303. The molecule has 0 aliphatic heterocycles. The van der Waals surface area contributed by atoms with Crippen LogP contribution in [0.25, 0.3) is 0 Å². The molecule has 0 saturated heterocycles. The molecule has 0 aliphatic rings. The Morgan fingerprint density at radius 2 is 2.27 bits per heavy atom. The summed E-state index contributed by atoms with van der Waals surface area (Å²) in [7, 11) is 0. The lowest BCUT2D eigenvalue weighted by Gasteiger charge is -2.19. The first-order valence-electron chi connectivity index (χ1n) is 4.63. The van der Waals surface area contributed by atoms with Gasteiger partial charge in [0.05, 0.1) is 6.54 Å². The molecule has 0 spiro atoms. The van der Waals surface area contributed by atoms with Crippen molar-refractivity contribution in [2.75, 3.05) is 6.61 Å². The van der Waals surface area contributed by atoms with Crippen LogP contribution in [0.1, 0.15) is 20.8 Å². The molecule has 1 heterocycles. The van der Waals surface area contributed by atoms with Gasteiger partial charge in [0.15, 0.2) is 6.33 Å². The maximum absolute atomic E-state index is 11.2. The number of ether oxygens (including phenoxy) is 1. The minimum atomic E-state index is -0.442. The van der Waals surface area contributed by atoms with Crippen molar-refractivity contribution in [3.63, 3.8) is 0 Å². The first-order valence-corrected chi connectivity index (χ1v) is 4.63. The van der Waals surface area contributed by atoms with E-state index >= 15 is 0 Å². The Balaban J connectivity index is 2.18. The van der Waals surface area contributed by atoms with Crippen molar-refractivity contribution in [1.82, 2.24) is 25.5 Å². The average Bonchev–Trinajstić information content (AvgIpc) is 2.53. The van der Waals surface area contributed by atoms with Gasteiger partial charge in [-0.2, -0.15) is 4.80 Å². The minimum Gasteiger partial charge on any atom is -0.448 e. The summed E-state index contributed by atoms with van der Waals surface area (Å²) < 4.78 is 4.91. The van der Waals surface area contributed by atoms with Gasteiger partial charge in [-0.05, 0) is 26.0 Å². The highest BCUT2D eigenvalue weighted by Gasteiger charge is 2.14. The Kier molecular flexibility index (Phi) is 3.59. The van der Waals surface area contributed by atoms with Crippen LogP contribution in [0, 0.1) is 0 Å². The number of amides is 1. The van der Waals surface area contributed by atoms with Crippen molar-refractivity contribution in [2.24, 2.45) is 0 Å². The molecule has 1 aromatic heterocycles. The molecule has 1 rings (SSSR count). The van der Waals surface area contributed by atoms with Gasteiger partial charge in [0.25, 0.3) is 0 Å². The third-order valence-electron chi connectivity index (χ3n) is 1.39.